The first-order valence-corrected chi connectivity index (χ1v) is 4.47. The van der Waals surface area contributed by atoms with Gasteiger partial charge < -0.3 is 14.8 Å². The molecule has 1 atom stereocenters. The lowest BCUT2D eigenvalue weighted by molar-refractivity contribution is -0.141. The zero-order chi connectivity index (χ0) is 10.7. The fraction of sp³-hybridized carbons (Fsp3) is 0.200. The first-order chi connectivity index (χ1) is 7.25. The maximum atomic E-state index is 11.4. The lowest BCUT2D eigenvalue weighted by Crippen LogP contribution is -2.29. The smallest absolute Gasteiger partial charge is 0.408 e. The van der Waals surface area contributed by atoms with Gasteiger partial charge in [0, 0.05) is 0 Å². The molecule has 1 aliphatic heterocycles. The van der Waals surface area contributed by atoms with Gasteiger partial charge in [0.1, 0.15) is 5.75 Å². The summed E-state index contributed by atoms with van der Waals surface area (Å²) in [7, 11) is 0. The van der Waals surface area contributed by atoms with Crippen LogP contribution in [-0.4, -0.2) is 24.7 Å². The highest BCUT2D eigenvalue weighted by molar-refractivity contribution is 5.83. The van der Waals surface area contributed by atoms with E-state index in [9.17, 15) is 9.59 Å². The third kappa shape index (κ3) is 2.25. The molecule has 1 unspecified atom stereocenters. The van der Waals surface area contributed by atoms with Crippen molar-refractivity contribution >= 4 is 12.1 Å². The molecule has 1 N–H and O–H groups in total. The summed E-state index contributed by atoms with van der Waals surface area (Å²) in [5.74, 6) is -0.134. The molecule has 2 rings (SSSR count). The lowest BCUT2D eigenvalue weighted by Gasteiger charge is -2.07. The number of para-hydroxylation sites is 1. The summed E-state index contributed by atoms with van der Waals surface area (Å²) in [4.78, 5) is 22.1. The Bertz CT molecular complexity index is 376. The zero-order valence-electron chi connectivity index (χ0n) is 7.80. The first-order valence-electron chi connectivity index (χ1n) is 4.47. The van der Waals surface area contributed by atoms with Crippen LogP contribution in [0.3, 0.4) is 0 Å². The molecule has 0 saturated carbocycles. The largest absolute Gasteiger partial charge is 0.432 e. The van der Waals surface area contributed by atoms with E-state index in [0.29, 0.717) is 5.75 Å². The highest BCUT2D eigenvalue weighted by atomic mass is 16.6. The van der Waals surface area contributed by atoms with Crippen molar-refractivity contribution in [2.75, 3.05) is 6.54 Å². The second kappa shape index (κ2) is 4.00. The van der Waals surface area contributed by atoms with E-state index in [1.807, 2.05) is 6.07 Å². The van der Waals surface area contributed by atoms with Crippen molar-refractivity contribution in [2.45, 2.75) is 6.10 Å². The van der Waals surface area contributed by atoms with Crippen LogP contribution in [0.25, 0.3) is 0 Å². The predicted molar refractivity (Wildman–Crippen MR) is 50.3 cm³/mol. The van der Waals surface area contributed by atoms with Crippen molar-refractivity contribution in [1.82, 2.24) is 5.32 Å². The molecular formula is C10H9NO4. The van der Waals surface area contributed by atoms with Gasteiger partial charge in [-0.2, -0.15) is 0 Å². The van der Waals surface area contributed by atoms with Gasteiger partial charge in [-0.05, 0) is 12.1 Å². The van der Waals surface area contributed by atoms with E-state index in [1.54, 1.807) is 24.3 Å². The Hall–Kier alpha value is -2.04. The summed E-state index contributed by atoms with van der Waals surface area (Å²) >= 11 is 0. The molecule has 1 heterocycles. The highest BCUT2D eigenvalue weighted by Gasteiger charge is 2.30. The molecule has 1 amide bonds. The minimum Gasteiger partial charge on any atom is -0.432 e. The van der Waals surface area contributed by atoms with Crippen molar-refractivity contribution in [1.29, 1.82) is 0 Å². The number of alkyl carbamates (subject to hydrolysis) is 1. The van der Waals surface area contributed by atoms with Gasteiger partial charge in [0.15, 0.2) is 0 Å². The molecule has 15 heavy (non-hydrogen) atoms. The first kappa shape index (κ1) is 9.51. The Kier molecular flexibility index (Phi) is 2.53. The minimum atomic E-state index is -0.849. The molecule has 0 aliphatic carbocycles. The Morgan fingerprint density at radius 3 is 2.73 bits per heavy atom. The van der Waals surface area contributed by atoms with Gasteiger partial charge in [-0.15, -0.1) is 0 Å². The standard InChI is InChI=1S/C10H9NO4/c12-9(8-6-11-10(13)15-8)14-7-4-2-1-3-5-7/h1-5,8H,6H2,(H,11,13). The molecule has 0 spiro atoms. The highest BCUT2D eigenvalue weighted by Crippen LogP contribution is 2.11. The molecule has 5 nitrogen and oxygen atoms in total. The van der Waals surface area contributed by atoms with E-state index in [0.717, 1.165) is 0 Å². The number of esters is 1. The normalized spacial score (nSPS) is 19.2. The number of hydrogen-bond acceptors (Lipinski definition) is 4. The molecular weight excluding hydrogens is 198 g/mol. The van der Waals surface area contributed by atoms with E-state index in [-0.39, 0.29) is 6.54 Å². The third-order valence-corrected chi connectivity index (χ3v) is 1.91. The second-order valence-corrected chi connectivity index (χ2v) is 3.01. The van der Waals surface area contributed by atoms with Crippen LogP contribution in [0.4, 0.5) is 4.79 Å². The molecule has 0 bridgehead atoms. The van der Waals surface area contributed by atoms with E-state index < -0.39 is 18.2 Å². The summed E-state index contributed by atoms with van der Waals surface area (Å²) in [6.45, 7) is 0.157. The summed E-state index contributed by atoms with van der Waals surface area (Å²) < 4.78 is 9.66. The molecule has 1 aliphatic rings. The fourth-order valence-electron chi connectivity index (χ4n) is 1.19. The summed E-state index contributed by atoms with van der Waals surface area (Å²) in [5, 5.41) is 2.37. The van der Waals surface area contributed by atoms with Crippen LogP contribution in [0.1, 0.15) is 0 Å². The van der Waals surface area contributed by atoms with Crippen LogP contribution in [0.15, 0.2) is 30.3 Å². The average Bonchev–Trinajstić information content (AvgIpc) is 2.66. The van der Waals surface area contributed by atoms with Crippen molar-refractivity contribution < 1.29 is 19.1 Å². The Labute approximate surface area is 86.0 Å². The van der Waals surface area contributed by atoms with Crippen LogP contribution >= 0.6 is 0 Å². The topological polar surface area (TPSA) is 64.6 Å². The number of benzene rings is 1. The van der Waals surface area contributed by atoms with E-state index >= 15 is 0 Å². The zero-order valence-corrected chi connectivity index (χ0v) is 7.80. The maximum absolute atomic E-state index is 11.4. The molecule has 1 fully saturated rings. The molecule has 78 valence electrons. The van der Waals surface area contributed by atoms with Gasteiger partial charge in [0.2, 0.25) is 6.10 Å². The molecule has 1 saturated heterocycles. The molecule has 5 heteroatoms. The quantitative estimate of drug-likeness (QED) is 0.572. The van der Waals surface area contributed by atoms with Crippen molar-refractivity contribution in [3.8, 4) is 5.75 Å². The average molecular weight is 207 g/mol. The van der Waals surface area contributed by atoms with Crippen molar-refractivity contribution in [3.63, 3.8) is 0 Å². The van der Waals surface area contributed by atoms with Gasteiger partial charge in [0.25, 0.3) is 0 Å². The Morgan fingerprint density at radius 1 is 1.40 bits per heavy atom. The van der Waals surface area contributed by atoms with Crippen LogP contribution in [0.5, 0.6) is 5.75 Å². The number of hydrogen-bond donors (Lipinski definition) is 1. The van der Waals surface area contributed by atoms with E-state index in [1.165, 1.54) is 0 Å². The molecule has 1 aromatic rings. The predicted octanol–water partition coefficient (Wildman–Crippen LogP) is 0.700. The number of carbonyl (C=O) groups is 2. The number of carbonyl (C=O) groups excluding carboxylic acids is 2. The monoisotopic (exact) mass is 207 g/mol. The Morgan fingerprint density at radius 2 is 2.13 bits per heavy atom. The van der Waals surface area contributed by atoms with Gasteiger partial charge in [-0.1, -0.05) is 18.2 Å². The van der Waals surface area contributed by atoms with Gasteiger partial charge in [-0.25, -0.2) is 9.59 Å². The SMILES string of the molecule is O=C1NCC(C(=O)Oc2ccccc2)O1. The van der Waals surface area contributed by atoms with E-state index in [2.05, 4.69) is 10.1 Å². The Balaban J connectivity index is 1.96. The molecule has 0 aromatic heterocycles. The second-order valence-electron chi connectivity index (χ2n) is 3.01. The van der Waals surface area contributed by atoms with Gasteiger partial charge in [-0.3, -0.25) is 0 Å². The summed E-state index contributed by atoms with van der Waals surface area (Å²) in [6.07, 6.45) is -1.44. The van der Waals surface area contributed by atoms with E-state index in [4.69, 9.17) is 4.74 Å². The number of nitrogens with one attached hydrogen (secondary N) is 1. The van der Waals surface area contributed by atoms with Crippen LogP contribution in [0, 0.1) is 0 Å². The van der Waals surface area contributed by atoms with Crippen LogP contribution in [0.2, 0.25) is 0 Å². The number of rotatable bonds is 2. The van der Waals surface area contributed by atoms with Gasteiger partial charge in [0.05, 0.1) is 6.54 Å². The van der Waals surface area contributed by atoms with Crippen molar-refractivity contribution in [3.05, 3.63) is 30.3 Å². The molecule has 0 radical (unpaired) electrons. The number of amides is 1. The van der Waals surface area contributed by atoms with Gasteiger partial charge >= 0.3 is 12.1 Å². The summed E-state index contributed by atoms with van der Waals surface area (Å²) in [6, 6.07) is 8.63. The number of ether oxygens (including phenoxy) is 2. The minimum absolute atomic E-state index is 0.157. The fourth-order valence-corrected chi connectivity index (χ4v) is 1.19. The number of cyclic esters (lactones) is 1. The van der Waals surface area contributed by atoms with Crippen LogP contribution in [-0.2, 0) is 9.53 Å². The van der Waals surface area contributed by atoms with Crippen molar-refractivity contribution in [2.24, 2.45) is 0 Å². The van der Waals surface area contributed by atoms with Crippen LogP contribution < -0.4 is 10.1 Å². The maximum Gasteiger partial charge on any atom is 0.408 e. The summed E-state index contributed by atoms with van der Waals surface area (Å²) in [5.41, 5.74) is 0. The third-order valence-electron chi connectivity index (χ3n) is 1.91. The molecule has 1 aromatic carbocycles. The lowest BCUT2D eigenvalue weighted by atomic mass is 10.3.